The molecule has 1 aromatic carbocycles. The molecule has 0 amide bonds. The molecule has 0 aliphatic carbocycles. The highest BCUT2D eigenvalue weighted by Gasteiger charge is 2.38. The summed E-state index contributed by atoms with van der Waals surface area (Å²) in [4.78, 5) is 0. The Morgan fingerprint density at radius 3 is 2.67 bits per heavy atom. The Morgan fingerprint density at radius 2 is 2.11 bits per heavy atom. The van der Waals surface area contributed by atoms with Crippen molar-refractivity contribution in [1.82, 2.24) is 0 Å². The van der Waals surface area contributed by atoms with Crippen molar-refractivity contribution in [2.45, 2.75) is 38.4 Å². The minimum Gasteiger partial charge on any atom is -0.354 e. The lowest BCUT2D eigenvalue weighted by Crippen LogP contribution is -2.37. The van der Waals surface area contributed by atoms with Crippen LogP contribution in [0.3, 0.4) is 0 Å². The van der Waals surface area contributed by atoms with Gasteiger partial charge in [0.25, 0.3) is 0 Å². The monoisotopic (exact) mass is 240 g/mol. The first-order valence-electron chi connectivity index (χ1n) is 6.42. The van der Waals surface area contributed by atoms with Gasteiger partial charge >= 0.3 is 0 Å². The summed E-state index contributed by atoms with van der Waals surface area (Å²) in [6.45, 7) is 8.17. The van der Waals surface area contributed by atoms with Crippen LogP contribution in [0.25, 0.3) is 0 Å². The van der Waals surface area contributed by atoms with Crippen LogP contribution in [0.2, 0.25) is 0 Å². The topological polar surface area (TPSA) is 9.23 Å². The molecule has 3 atom stereocenters. The number of ether oxygens (including phenoxy) is 1. The van der Waals surface area contributed by atoms with Gasteiger partial charge < -0.3 is 4.74 Å². The lowest BCUT2D eigenvalue weighted by molar-refractivity contribution is -0.107. The van der Waals surface area contributed by atoms with E-state index in [2.05, 4.69) is 31.6 Å². The Morgan fingerprint density at radius 1 is 1.44 bits per heavy atom. The van der Waals surface area contributed by atoms with Crippen molar-refractivity contribution in [2.75, 3.05) is 0 Å². The molecule has 2 rings (SSSR count). The maximum absolute atomic E-state index is 6.19. The SMILES string of the molecule is C#C[C@@]1(C)CC[C@@H](C(=C)C)[C@H](c2ccccc2)O1. The standard InChI is InChI=1S/C17H20O/c1-5-17(4)12-11-15(13(2)3)16(18-17)14-9-7-6-8-10-14/h1,6-10,15-16H,2,11-12H2,3-4H3/t15-,16-,17-/m0/s1. The quantitative estimate of drug-likeness (QED) is 0.558. The van der Waals surface area contributed by atoms with Gasteiger partial charge in [0.2, 0.25) is 0 Å². The van der Waals surface area contributed by atoms with Crippen molar-refractivity contribution >= 4 is 0 Å². The number of hydrogen-bond acceptors (Lipinski definition) is 1. The summed E-state index contributed by atoms with van der Waals surface area (Å²) in [5.74, 6) is 3.14. The van der Waals surface area contributed by atoms with Crippen molar-refractivity contribution < 1.29 is 4.74 Å². The van der Waals surface area contributed by atoms with E-state index in [1.807, 2.05) is 25.1 Å². The number of benzene rings is 1. The van der Waals surface area contributed by atoms with Gasteiger partial charge in [0.05, 0.1) is 6.10 Å². The van der Waals surface area contributed by atoms with Crippen LogP contribution in [-0.4, -0.2) is 5.60 Å². The van der Waals surface area contributed by atoms with E-state index in [9.17, 15) is 0 Å². The van der Waals surface area contributed by atoms with Gasteiger partial charge in [0.1, 0.15) is 5.60 Å². The van der Waals surface area contributed by atoms with Gasteiger partial charge in [-0.2, -0.15) is 0 Å². The third kappa shape index (κ3) is 2.49. The van der Waals surface area contributed by atoms with Crippen molar-refractivity contribution in [3.8, 4) is 12.3 Å². The summed E-state index contributed by atoms with van der Waals surface area (Å²) in [5.41, 5.74) is 1.90. The molecule has 1 aliphatic heterocycles. The van der Waals surface area contributed by atoms with Gasteiger partial charge in [-0.3, -0.25) is 0 Å². The lowest BCUT2D eigenvalue weighted by atomic mass is 9.80. The summed E-state index contributed by atoms with van der Waals surface area (Å²) >= 11 is 0. The summed E-state index contributed by atoms with van der Waals surface area (Å²) in [7, 11) is 0. The predicted molar refractivity (Wildman–Crippen MR) is 75.0 cm³/mol. The molecular formula is C17H20O. The molecule has 1 heteroatoms. The van der Waals surface area contributed by atoms with E-state index in [-0.39, 0.29) is 6.10 Å². The van der Waals surface area contributed by atoms with Crippen LogP contribution in [0.5, 0.6) is 0 Å². The van der Waals surface area contributed by atoms with Crippen molar-refractivity contribution in [3.63, 3.8) is 0 Å². The zero-order valence-corrected chi connectivity index (χ0v) is 11.1. The van der Waals surface area contributed by atoms with Crippen molar-refractivity contribution in [3.05, 3.63) is 48.0 Å². The summed E-state index contributed by atoms with van der Waals surface area (Å²) in [5, 5.41) is 0. The fourth-order valence-corrected chi connectivity index (χ4v) is 2.56. The van der Waals surface area contributed by atoms with Crippen molar-refractivity contribution in [1.29, 1.82) is 0 Å². The lowest BCUT2D eigenvalue weighted by Gasteiger charge is -2.41. The van der Waals surface area contributed by atoms with Crippen LogP contribution in [0.4, 0.5) is 0 Å². The fraction of sp³-hybridized carbons (Fsp3) is 0.412. The summed E-state index contributed by atoms with van der Waals surface area (Å²) in [6, 6.07) is 10.3. The zero-order chi connectivity index (χ0) is 13.2. The molecule has 1 aliphatic rings. The highest BCUT2D eigenvalue weighted by Crippen LogP contribution is 2.43. The second-order valence-electron chi connectivity index (χ2n) is 5.32. The third-order valence-corrected chi connectivity index (χ3v) is 3.75. The summed E-state index contributed by atoms with van der Waals surface area (Å²) < 4.78 is 6.19. The average Bonchev–Trinajstić information content (AvgIpc) is 2.39. The van der Waals surface area contributed by atoms with Gasteiger partial charge in [-0.1, -0.05) is 48.4 Å². The van der Waals surface area contributed by atoms with E-state index in [0.29, 0.717) is 5.92 Å². The Bertz CT molecular complexity index is 468. The second-order valence-corrected chi connectivity index (χ2v) is 5.32. The van der Waals surface area contributed by atoms with Crippen LogP contribution < -0.4 is 0 Å². The minimum absolute atomic E-state index is 0.0264. The maximum Gasteiger partial charge on any atom is 0.126 e. The fourth-order valence-electron chi connectivity index (χ4n) is 2.56. The van der Waals surface area contributed by atoms with E-state index in [1.165, 1.54) is 11.1 Å². The van der Waals surface area contributed by atoms with Gasteiger partial charge in [-0.05, 0) is 32.3 Å². The van der Waals surface area contributed by atoms with Gasteiger partial charge in [0, 0.05) is 5.92 Å². The second kappa shape index (κ2) is 5.00. The molecule has 1 nitrogen and oxygen atoms in total. The Labute approximate surface area is 110 Å². The molecule has 0 unspecified atom stereocenters. The Balaban J connectivity index is 2.32. The molecule has 0 bridgehead atoms. The minimum atomic E-state index is -0.452. The molecule has 1 aromatic rings. The first-order valence-corrected chi connectivity index (χ1v) is 6.42. The Kier molecular flexibility index (Phi) is 3.59. The van der Waals surface area contributed by atoms with E-state index < -0.39 is 5.60 Å². The smallest absolute Gasteiger partial charge is 0.126 e. The number of hydrogen-bond donors (Lipinski definition) is 0. The molecule has 0 N–H and O–H groups in total. The first-order chi connectivity index (χ1) is 8.56. The number of rotatable bonds is 2. The summed E-state index contributed by atoms with van der Waals surface area (Å²) in [6.07, 6.45) is 7.56. The largest absolute Gasteiger partial charge is 0.354 e. The van der Waals surface area contributed by atoms with Crippen LogP contribution in [0.15, 0.2) is 42.5 Å². The molecule has 0 saturated carbocycles. The normalized spacial score (nSPS) is 31.6. The van der Waals surface area contributed by atoms with E-state index in [1.54, 1.807) is 0 Å². The molecule has 0 spiro atoms. The van der Waals surface area contributed by atoms with Gasteiger partial charge in [-0.25, -0.2) is 0 Å². The highest BCUT2D eigenvalue weighted by atomic mass is 16.5. The van der Waals surface area contributed by atoms with E-state index in [4.69, 9.17) is 11.2 Å². The molecular weight excluding hydrogens is 220 g/mol. The van der Waals surface area contributed by atoms with Gasteiger partial charge in [-0.15, -0.1) is 6.42 Å². The molecule has 1 fully saturated rings. The molecule has 94 valence electrons. The van der Waals surface area contributed by atoms with Crippen LogP contribution in [-0.2, 0) is 4.74 Å². The number of terminal acetylenes is 1. The Hall–Kier alpha value is -1.52. The third-order valence-electron chi connectivity index (χ3n) is 3.75. The van der Waals surface area contributed by atoms with E-state index in [0.717, 1.165) is 12.8 Å². The van der Waals surface area contributed by atoms with Crippen LogP contribution in [0.1, 0.15) is 38.4 Å². The van der Waals surface area contributed by atoms with E-state index >= 15 is 0 Å². The van der Waals surface area contributed by atoms with Crippen LogP contribution in [0, 0.1) is 18.3 Å². The van der Waals surface area contributed by atoms with Crippen molar-refractivity contribution in [2.24, 2.45) is 5.92 Å². The molecule has 1 heterocycles. The molecule has 0 radical (unpaired) electrons. The molecule has 1 saturated heterocycles. The average molecular weight is 240 g/mol. The van der Waals surface area contributed by atoms with Gasteiger partial charge in [0.15, 0.2) is 0 Å². The maximum atomic E-state index is 6.19. The molecule has 0 aromatic heterocycles. The molecule has 18 heavy (non-hydrogen) atoms. The zero-order valence-electron chi connectivity index (χ0n) is 11.1. The predicted octanol–water partition coefficient (Wildman–Crippen LogP) is 4.12. The highest BCUT2D eigenvalue weighted by molar-refractivity contribution is 5.23. The van der Waals surface area contributed by atoms with Crippen LogP contribution >= 0.6 is 0 Å². The first kappa shape index (κ1) is 12.9.